The fraction of sp³-hybridized carbons (Fsp3) is 0.474. The summed E-state index contributed by atoms with van der Waals surface area (Å²) in [5.74, 6) is -0.124. The van der Waals surface area contributed by atoms with Gasteiger partial charge in [0.15, 0.2) is 0 Å². The molecule has 6 rings (SSSR count). The molecule has 4 amide bonds. The van der Waals surface area contributed by atoms with Crippen molar-refractivity contribution in [3.8, 4) is 0 Å². The summed E-state index contributed by atoms with van der Waals surface area (Å²) >= 11 is 13.4. The van der Waals surface area contributed by atoms with Gasteiger partial charge in [-0.2, -0.15) is 0 Å². The molecular weight excluding hydrogens is 733 g/mol. The van der Waals surface area contributed by atoms with Crippen LogP contribution in [-0.4, -0.2) is 117 Å². The smallest absolute Gasteiger partial charge is 0.267 e. The van der Waals surface area contributed by atoms with Crippen LogP contribution in [0, 0.1) is 0 Å². The Morgan fingerprint density at radius 2 is 0.885 bits per heavy atom. The molecule has 4 fully saturated rings. The molecule has 0 aromatic heterocycles. The lowest BCUT2D eigenvalue weighted by Gasteiger charge is -2.36. The van der Waals surface area contributed by atoms with E-state index in [1.807, 2.05) is 46.2 Å². The summed E-state index contributed by atoms with van der Waals surface area (Å²) in [5.41, 5.74) is 2.39. The predicted octanol–water partition coefficient (Wildman–Crippen LogP) is 5.74. The van der Waals surface area contributed by atoms with Crippen LogP contribution in [0.5, 0.6) is 0 Å². The third-order valence-corrected chi connectivity index (χ3v) is 13.0. The third kappa shape index (κ3) is 9.55. The van der Waals surface area contributed by atoms with Crippen molar-refractivity contribution in [1.29, 1.82) is 0 Å². The monoisotopic (exact) mass is 778 g/mol. The number of benzene rings is 2. The molecule has 2 aromatic carbocycles. The molecule has 0 spiro atoms. The predicted molar refractivity (Wildman–Crippen MR) is 218 cm³/mol. The van der Waals surface area contributed by atoms with E-state index < -0.39 is 0 Å². The largest absolute Gasteiger partial charge is 0.368 e. The summed E-state index contributed by atoms with van der Waals surface area (Å²) in [5, 5.41) is 0. The first-order valence-electron chi connectivity index (χ1n) is 18.3. The Hall–Kier alpha value is -3.46. The zero-order valence-corrected chi connectivity index (χ0v) is 32.7. The maximum absolute atomic E-state index is 13.4. The van der Waals surface area contributed by atoms with E-state index in [0.717, 1.165) is 90.9 Å². The number of nitrogens with zero attached hydrogens (tertiary/aromatic N) is 6. The van der Waals surface area contributed by atoms with Crippen molar-refractivity contribution >= 4 is 91.6 Å². The summed E-state index contributed by atoms with van der Waals surface area (Å²) in [4.78, 5) is 64.8. The van der Waals surface area contributed by atoms with Gasteiger partial charge in [-0.1, -0.05) is 97.2 Å². The first-order valence-corrected chi connectivity index (χ1v) is 20.7. The lowest BCUT2D eigenvalue weighted by molar-refractivity contribution is -0.132. The van der Waals surface area contributed by atoms with Gasteiger partial charge in [0.05, 0.1) is 9.81 Å². The highest BCUT2D eigenvalue weighted by atomic mass is 32.2. The Balaban J connectivity index is 0.864. The van der Waals surface area contributed by atoms with E-state index in [9.17, 15) is 19.2 Å². The third-order valence-electron chi connectivity index (χ3n) is 9.96. The second kappa shape index (κ2) is 18.5. The summed E-state index contributed by atoms with van der Waals surface area (Å²) < 4.78 is 0.896. The number of anilines is 2. The molecule has 0 saturated carbocycles. The molecule has 0 atom stereocenters. The quantitative estimate of drug-likeness (QED) is 0.135. The molecule has 4 aliphatic heterocycles. The normalized spacial score (nSPS) is 19.8. The summed E-state index contributed by atoms with van der Waals surface area (Å²) in [6, 6.07) is 20.6. The number of carbonyl (C=O) groups excluding carboxylic acids is 4. The molecule has 4 aliphatic rings. The van der Waals surface area contributed by atoms with Crippen molar-refractivity contribution in [2.75, 3.05) is 75.2 Å². The molecule has 0 unspecified atom stereocenters. The standard InChI is InChI=1S/C38H46N6O4S4/c45-31(41-25-21-39(22-26-41)29-13-5-1-6-14-29)17-9-3-11-19-43-35(47)33(51-37(43)49)34-36(48)44(38(50)52-34)20-12-4-10-18-32(46)42-27-23-40(24-28-42)30-15-7-2-8-16-30/h1-2,5-8,13-16H,3-4,9-12,17-28H2. The van der Waals surface area contributed by atoms with E-state index in [2.05, 4.69) is 34.1 Å². The molecule has 14 heteroatoms. The topological polar surface area (TPSA) is 87.7 Å². The molecule has 52 heavy (non-hydrogen) atoms. The SMILES string of the molecule is O=C(CCCCCN1C(=O)C(=C2SC(=S)N(CCCCCC(=O)N3CCN(c4ccccc4)CC3)C2=O)SC1=S)N1CCN(c2ccccc2)CC1. The number of para-hydroxylation sites is 2. The Labute approximate surface area is 325 Å². The highest BCUT2D eigenvalue weighted by Gasteiger charge is 2.41. The van der Waals surface area contributed by atoms with Crippen LogP contribution in [0.3, 0.4) is 0 Å². The van der Waals surface area contributed by atoms with Gasteiger partial charge in [0.25, 0.3) is 11.8 Å². The van der Waals surface area contributed by atoms with Gasteiger partial charge in [-0.15, -0.1) is 0 Å². The van der Waals surface area contributed by atoms with Gasteiger partial charge < -0.3 is 19.6 Å². The average molecular weight is 779 g/mol. The zero-order valence-electron chi connectivity index (χ0n) is 29.5. The number of carbonyl (C=O) groups is 4. The molecule has 10 nitrogen and oxygen atoms in total. The fourth-order valence-electron chi connectivity index (χ4n) is 6.92. The number of hydrogen-bond donors (Lipinski definition) is 0. The van der Waals surface area contributed by atoms with E-state index >= 15 is 0 Å². The van der Waals surface area contributed by atoms with Crippen molar-refractivity contribution in [1.82, 2.24) is 19.6 Å². The van der Waals surface area contributed by atoms with Crippen LogP contribution in [0.4, 0.5) is 11.4 Å². The molecule has 4 saturated heterocycles. The number of rotatable bonds is 14. The van der Waals surface area contributed by atoms with Gasteiger partial charge in [-0.25, -0.2) is 0 Å². The van der Waals surface area contributed by atoms with Crippen LogP contribution in [0.25, 0.3) is 0 Å². The molecule has 4 heterocycles. The first kappa shape index (κ1) is 38.3. The second-order valence-corrected chi connectivity index (χ2v) is 16.6. The molecule has 0 N–H and O–H groups in total. The van der Waals surface area contributed by atoms with E-state index in [0.29, 0.717) is 44.4 Å². The number of hydrogen-bond acceptors (Lipinski definition) is 10. The minimum absolute atomic E-state index is 0.183. The summed E-state index contributed by atoms with van der Waals surface area (Å²) in [6.07, 6.45) is 5.56. The summed E-state index contributed by atoms with van der Waals surface area (Å²) in [7, 11) is 0. The van der Waals surface area contributed by atoms with Crippen molar-refractivity contribution in [3.05, 3.63) is 70.5 Å². The average Bonchev–Trinajstić information content (AvgIpc) is 3.62. The maximum Gasteiger partial charge on any atom is 0.267 e. The van der Waals surface area contributed by atoms with Crippen LogP contribution in [-0.2, 0) is 19.2 Å². The molecule has 0 bridgehead atoms. The Morgan fingerprint density at radius 3 is 1.25 bits per heavy atom. The van der Waals surface area contributed by atoms with E-state index in [1.54, 1.807) is 9.80 Å². The van der Waals surface area contributed by atoms with Crippen LogP contribution in [0.1, 0.15) is 51.4 Å². The van der Waals surface area contributed by atoms with Crippen LogP contribution >= 0.6 is 48.0 Å². The van der Waals surface area contributed by atoms with Crippen molar-refractivity contribution < 1.29 is 19.2 Å². The van der Waals surface area contributed by atoms with Gasteiger partial charge >= 0.3 is 0 Å². The van der Waals surface area contributed by atoms with Gasteiger partial charge in [0.2, 0.25) is 11.8 Å². The Morgan fingerprint density at radius 1 is 0.519 bits per heavy atom. The van der Waals surface area contributed by atoms with E-state index in [4.69, 9.17) is 24.4 Å². The number of amides is 4. The van der Waals surface area contributed by atoms with Gasteiger partial charge in [0, 0.05) is 89.7 Å². The summed E-state index contributed by atoms with van der Waals surface area (Å²) in [6.45, 7) is 7.16. The van der Waals surface area contributed by atoms with Crippen molar-refractivity contribution in [2.24, 2.45) is 0 Å². The highest BCUT2D eigenvalue weighted by Crippen LogP contribution is 2.42. The fourth-order valence-corrected chi connectivity index (χ4v) is 9.69. The number of thiocarbonyl (C=S) groups is 2. The zero-order chi connectivity index (χ0) is 36.5. The lowest BCUT2D eigenvalue weighted by atomic mass is 10.1. The Kier molecular flexibility index (Phi) is 13.6. The van der Waals surface area contributed by atoms with Crippen molar-refractivity contribution in [2.45, 2.75) is 51.4 Å². The number of unbranched alkanes of at least 4 members (excludes halogenated alkanes) is 4. The van der Waals surface area contributed by atoms with E-state index in [-0.39, 0.29) is 23.6 Å². The second-order valence-electron chi connectivity index (χ2n) is 13.3. The van der Waals surface area contributed by atoms with Gasteiger partial charge in [-0.3, -0.25) is 29.0 Å². The highest BCUT2D eigenvalue weighted by molar-refractivity contribution is 8.29. The van der Waals surface area contributed by atoms with Crippen molar-refractivity contribution in [3.63, 3.8) is 0 Å². The van der Waals surface area contributed by atoms with Gasteiger partial charge in [-0.05, 0) is 49.9 Å². The molecule has 276 valence electrons. The van der Waals surface area contributed by atoms with Crippen LogP contribution in [0.2, 0.25) is 0 Å². The molecular formula is C38H46N6O4S4. The minimum atomic E-state index is -0.244. The van der Waals surface area contributed by atoms with Crippen LogP contribution in [0.15, 0.2) is 70.5 Å². The van der Waals surface area contributed by atoms with E-state index in [1.165, 1.54) is 34.9 Å². The molecule has 0 aliphatic carbocycles. The Bertz CT molecular complexity index is 1540. The molecule has 2 aromatic rings. The maximum atomic E-state index is 13.4. The number of piperazine rings is 2. The number of thioether (sulfide) groups is 2. The first-order chi connectivity index (χ1) is 25.3. The van der Waals surface area contributed by atoms with Crippen LogP contribution < -0.4 is 9.80 Å². The minimum Gasteiger partial charge on any atom is -0.368 e. The lowest BCUT2D eigenvalue weighted by Crippen LogP contribution is -2.48. The molecule has 0 radical (unpaired) electrons. The van der Waals surface area contributed by atoms with Gasteiger partial charge in [0.1, 0.15) is 8.64 Å².